The van der Waals surface area contributed by atoms with Crippen LogP contribution in [0, 0.1) is 0 Å². The average molecular weight is 407 g/mol. The summed E-state index contributed by atoms with van der Waals surface area (Å²) in [5.74, 6) is 0.0799. The number of nitrogens with zero attached hydrogens (tertiary/aromatic N) is 2. The lowest BCUT2D eigenvalue weighted by atomic mass is 10.1. The van der Waals surface area contributed by atoms with Crippen LogP contribution in [0.3, 0.4) is 0 Å². The molecule has 0 radical (unpaired) electrons. The SMILES string of the molecule is C[C@@H]1Cc2ccccc2N1C(=O)[C@H]1CN(S(C)(=O)=O)c2cc(Cl)ccc2O1. The molecule has 0 unspecified atom stereocenters. The van der Waals surface area contributed by atoms with E-state index >= 15 is 0 Å². The Kier molecular flexibility index (Phi) is 4.31. The first kappa shape index (κ1) is 18.1. The molecule has 0 N–H and O–H groups in total. The summed E-state index contributed by atoms with van der Waals surface area (Å²) in [7, 11) is -3.60. The molecule has 0 saturated carbocycles. The van der Waals surface area contributed by atoms with Gasteiger partial charge in [-0.1, -0.05) is 29.8 Å². The maximum atomic E-state index is 13.3. The molecule has 2 atom stereocenters. The largest absolute Gasteiger partial charge is 0.476 e. The van der Waals surface area contributed by atoms with Crippen LogP contribution in [0.5, 0.6) is 5.75 Å². The lowest BCUT2D eigenvalue weighted by Crippen LogP contribution is -2.53. The number of carbonyl (C=O) groups is 1. The lowest BCUT2D eigenvalue weighted by molar-refractivity contribution is -0.125. The van der Waals surface area contributed by atoms with Crippen molar-refractivity contribution in [2.75, 3.05) is 22.0 Å². The van der Waals surface area contributed by atoms with Crippen molar-refractivity contribution < 1.29 is 17.9 Å². The molecule has 0 saturated heterocycles. The Bertz CT molecular complexity index is 1020. The Morgan fingerprint density at radius 3 is 2.67 bits per heavy atom. The number of halogens is 1. The monoisotopic (exact) mass is 406 g/mol. The number of anilines is 2. The molecule has 0 spiro atoms. The van der Waals surface area contributed by atoms with Gasteiger partial charge in [-0.25, -0.2) is 8.42 Å². The normalized spacial score (nSPS) is 21.4. The van der Waals surface area contributed by atoms with Crippen molar-refractivity contribution in [3.05, 3.63) is 53.1 Å². The van der Waals surface area contributed by atoms with E-state index in [4.69, 9.17) is 16.3 Å². The van der Waals surface area contributed by atoms with E-state index < -0.39 is 16.1 Å². The second-order valence-corrected chi connectivity index (χ2v) is 9.25. The van der Waals surface area contributed by atoms with Crippen molar-refractivity contribution in [2.24, 2.45) is 0 Å². The van der Waals surface area contributed by atoms with Crippen LogP contribution in [0.15, 0.2) is 42.5 Å². The quantitative estimate of drug-likeness (QED) is 0.769. The number of hydrogen-bond acceptors (Lipinski definition) is 4. The molecule has 142 valence electrons. The summed E-state index contributed by atoms with van der Waals surface area (Å²) >= 11 is 6.02. The number of carbonyl (C=O) groups excluding carboxylic acids is 1. The van der Waals surface area contributed by atoms with E-state index in [1.807, 2.05) is 31.2 Å². The predicted octanol–water partition coefficient (Wildman–Crippen LogP) is 2.84. The Hall–Kier alpha value is -2.25. The van der Waals surface area contributed by atoms with Crippen LogP contribution in [0.4, 0.5) is 11.4 Å². The lowest BCUT2D eigenvalue weighted by Gasteiger charge is -2.36. The van der Waals surface area contributed by atoms with Gasteiger partial charge in [0.1, 0.15) is 5.75 Å². The first-order chi connectivity index (χ1) is 12.8. The van der Waals surface area contributed by atoms with Crippen LogP contribution in [0.25, 0.3) is 0 Å². The third-order valence-electron chi connectivity index (χ3n) is 4.91. The second kappa shape index (κ2) is 6.42. The molecule has 8 heteroatoms. The van der Waals surface area contributed by atoms with Gasteiger partial charge in [0.15, 0.2) is 6.10 Å². The highest BCUT2D eigenvalue weighted by molar-refractivity contribution is 7.92. The molecule has 2 aliphatic heterocycles. The third kappa shape index (κ3) is 3.15. The number of benzene rings is 2. The highest BCUT2D eigenvalue weighted by atomic mass is 35.5. The molecule has 0 fully saturated rings. The molecule has 1 amide bonds. The highest BCUT2D eigenvalue weighted by Crippen LogP contribution is 2.39. The maximum Gasteiger partial charge on any atom is 0.270 e. The van der Waals surface area contributed by atoms with E-state index in [0.29, 0.717) is 16.5 Å². The molecule has 6 nitrogen and oxygen atoms in total. The molecule has 2 aromatic rings. The van der Waals surface area contributed by atoms with Crippen molar-refractivity contribution in [1.29, 1.82) is 0 Å². The molecule has 0 bridgehead atoms. The third-order valence-corrected chi connectivity index (χ3v) is 6.29. The van der Waals surface area contributed by atoms with E-state index in [2.05, 4.69) is 0 Å². The number of para-hydroxylation sites is 1. The van der Waals surface area contributed by atoms with E-state index in [0.717, 1.165) is 23.9 Å². The highest BCUT2D eigenvalue weighted by Gasteiger charge is 2.40. The zero-order valence-corrected chi connectivity index (χ0v) is 16.5. The number of ether oxygens (including phenoxy) is 1. The fourth-order valence-corrected chi connectivity index (χ4v) is 4.80. The maximum absolute atomic E-state index is 13.3. The van der Waals surface area contributed by atoms with Gasteiger partial charge in [0.05, 0.1) is 18.5 Å². The molecular formula is C19H19ClN2O4S. The molecule has 27 heavy (non-hydrogen) atoms. The molecule has 2 aliphatic rings. The standard InChI is InChI=1S/C19H19ClN2O4S/c1-12-9-13-5-3-4-6-15(13)22(12)19(23)18-11-21(27(2,24)25)16-10-14(20)7-8-17(16)26-18/h3-8,10,12,18H,9,11H2,1-2H3/t12-,18-/m1/s1. The minimum atomic E-state index is -3.60. The number of hydrogen-bond donors (Lipinski definition) is 0. The van der Waals surface area contributed by atoms with Crippen molar-refractivity contribution in [3.63, 3.8) is 0 Å². The molecule has 2 aromatic carbocycles. The Morgan fingerprint density at radius 2 is 1.93 bits per heavy atom. The minimum Gasteiger partial charge on any atom is -0.476 e. The van der Waals surface area contributed by atoms with Gasteiger partial charge in [0.2, 0.25) is 10.0 Å². The Morgan fingerprint density at radius 1 is 1.19 bits per heavy atom. The molecule has 0 aliphatic carbocycles. The van der Waals surface area contributed by atoms with Gasteiger partial charge >= 0.3 is 0 Å². The Balaban J connectivity index is 1.71. The van der Waals surface area contributed by atoms with E-state index in [1.165, 1.54) is 10.4 Å². The van der Waals surface area contributed by atoms with E-state index in [1.54, 1.807) is 17.0 Å². The fraction of sp³-hybridized carbons (Fsp3) is 0.316. The van der Waals surface area contributed by atoms with Gasteiger partial charge in [0.25, 0.3) is 5.91 Å². The zero-order chi connectivity index (χ0) is 19.3. The van der Waals surface area contributed by atoms with E-state index in [9.17, 15) is 13.2 Å². The summed E-state index contributed by atoms with van der Waals surface area (Å²) in [6, 6.07) is 12.5. The van der Waals surface area contributed by atoms with Gasteiger partial charge < -0.3 is 9.64 Å². The van der Waals surface area contributed by atoms with Crippen molar-refractivity contribution in [2.45, 2.75) is 25.5 Å². The van der Waals surface area contributed by atoms with Crippen LogP contribution < -0.4 is 13.9 Å². The number of amides is 1. The number of rotatable bonds is 2. The summed E-state index contributed by atoms with van der Waals surface area (Å²) < 4.78 is 31.7. The van der Waals surface area contributed by atoms with Crippen LogP contribution in [-0.4, -0.2) is 39.3 Å². The smallest absolute Gasteiger partial charge is 0.270 e. The summed E-state index contributed by atoms with van der Waals surface area (Å²) in [6.07, 6.45) is 0.941. The predicted molar refractivity (Wildman–Crippen MR) is 105 cm³/mol. The number of fused-ring (bicyclic) bond motifs is 2. The first-order valence-corrected chi connectivity index (χ1v) is 10.8. The summed E-state index contributed by atoms with van der Waals surface area (Å²) in [4.78, 5) is 15.0. The van der Waals surface area contributed by atoms with Crippen molar-refractivity contribution >= 4 is 38.9 Å². The van der Waals surface area contributed by atoms with Crippen molar-refractivity contribution in [3.8, 4) is 5.75 Å². The molecule has 0 aromatic heterocycles. The first-order valence-electron chi connectivity index (χ1n) is 8.60. The van der Waals surface area contributed by atoms with Crippen LogP contribution in [0.1, 0.15) is 12.5 Å². The van der Waals surface area contributed by atoms with E-state index in [-0.39, 0.29) is 18.5 Å². The van der Waals surface area contributed by atoms with Gasteiger partial charge in [-0.15, -0.1) is 0 Å². The molecular weight excluding hydrogens is 388 g/mol. The van der Waals surface area contributed by atoms with Gasteiger partial charge in [0, 0.05) is 16.8 Å². The van der Waals surface area contributed by atoms with Gasteiger partial charge in [-0.05, 0) is 43.2 Å². The van der Waals surface area contributed by atoms with Gasteiger partial charge in [-0.3, -0.25) is 9.10 Å². The zero-order valence-electron chi connectivity index (χ0n) is 14.9. The molecule has 4 rings (SSSR count). The van der Waals surface area contributed by atoms with Crippen LogP contribution in [0.2, 0.25) is 5.02 Å². The van der Waals surface area contributed by atoms with Crippen molar-refractivity contribution in [1.82, 2.24) is 0 Å². The second-order valence-electron chi connectivity index (χ2n) is 6.90. The Labute approximate surface area is 163 Å². The summed E-state index contributed by atoms with van der Waals surface area (Å²) in [5.41, 5.74) is 2.30. The van der Waals surface area contributed by atoms with Crippen LogP contribution in [-0.2, 0) is 21.2 Å². The number of sulfonamides is 1. The fourth-order valence-electron chi connectivity index (χ4n) is 3.72. The van der Waals surface area contributed by atoms with Gasteiger partial charge in [-0.2, -0.15) is 0 Å². The molecule has 2 heterocycles. The summed E-state index contributed by atoms with van der Waals surface area (Å²) in [6.45, 7) is 1.89. The minimum absolute atomic E-state index is 0.0169. The van der Waals surface area contributed by atoms with Crippen LogP contribution >= 0.6 is 11.6 Å². The average Bonchev–Trinajstić information content (AvgIpc) is 2.95. The summed E-state index contributed by atoms with van der Waals surface area (Å²) in [5, 5.41) is 0.401. The topological polar surface area (TPSA) is 66.9 Å².